The van der Waals surface area contributed by atoms with Crippen LogP contribution in [0.1, 0.15) is 44.9 Å². The molecular formula is C21H24N2O. The van der Waals surface area contributed by atoms with Gasteiger partial charge in [-0.05, 0) is 73.8 Å². The predicted molar refractivity (Wildman–Crippen MR) is 95.6 cm³/mol. The molecule has 0 aliphatic heterocycles. The zero-order valence-corrected chi connectivity index (χ0v) is 14.0. The van der Waals surface area contributed by atoms with Crippen LogP contribution in [0, 0.1) is 23.2 Å². The number of amides is 1. The fourth-order valence-corrected chi connectivity index (χ4v) is 6.19. The molecule has 1 aromatic carbocycles. The van der Waals surface area contributed by atoms with Crippen molar-refractivity contribution in [3.05, 3.63) is 36.5 Å². The molecule has 124 valence electrons. The molecule has 1 N–H and O–H groups in total. The van der Waals surface area contributed by atoms with Crippen LogP contribution in [0.25, 0.3) is 10.9 Å². The lowest BCUT2D eigenvalue weighted by Crippen LogP contribution is -2.47. The van der Waals surface area contributed by atoms with Crippen LogP contribution in [0.3, 0.4) is 0 Å². The van der Waals surface area contributed by atoms with Crippen LogP contribution in [0.15, 0.2) is 36.5 Å². The molecule has 24 heavy (non-hydrogen) atoms. The molecule has 0 atom stereocenters. The van der Waals surface area contributed by atoms with Crippen molar-refractivity contribution >= 4 is 22.5 Å². The summed E-state index contributed by atoms with van der Waals surface area (Å²) in [6.07, 6.45) is 10.6. The number of rotatable bonds is 3. The third-order valence-corrected chi connectivity index (χ3v) is 6.57. The molecule has 6 rings (SSSR count). The first-order valence-electron chi connectivity index (χ1n) is 9.32. The Balaban J connectivity index is 1.32. The Morgan fingerprint density at radius 2 is 1.75 bits per heavy atom. The largest absolute Gasteiger partial charge is 0.325 e. The first kappa shape index (κ1) is 14.4. The highest BCUT2D eigenvalue weighted by Gasteiger charge is 2.51. The summed E-state index contributed by atoms with van der Waals surface area (Å²) in [5, 5.41) is 4.18. The van der Waals surface area contributed by atoms with Crippen LogP contribution in [-0.4, -0.2) is 10.9 Å². The SMILES string of the molecule is O=C(CC12CC3CC(CC(C3)C1)C2)Nc1cnc2ccccc2c1. The first-order chi connectivity index (χ1) is 11.7. The highest BCUT2D eigenvalue weighted by atomic mass is 16.1. The molecule has 4 fully saturated rings. The Morgan fingerprint density at radius 1 is 1.08 bits per heavy atom. The maximum Gasteiger partial charge on any atom is 0.224 e. The van der Waals surface area contributed by atoms with Crippen molar-refractivity contribution in [1.29, 1.82) is 0 Å². The summed E-state index contributed by atoms with van der Waals surface area (Å²) >= 11 is 0. The van der Waals surface area contributed by atoms with Gasteiger partial charge in [-0.25, -0.2) is 0 Å². The fourth-order valence-electron chi connectivity index (χ4n) is 6.19. The van der Waals surface area contributed by atoms with Crippen molar-refractivity contribution in [2.24, 2.45) is 23.2 Å². The number of fused-ring (bicyclic) bond motifs is 1. The second-order valence-corrected chi connectivity index (χ2v) is 8.56. The standard InChI is InChI=1S/C21H24N2O/c24-20(23-18-8-17-3-1-2-4-19(17)22-13-18)12-21-9-14-5-15(10-21)7-16(6-14)11-21/h1-4,8,13-16H,5-7,9-12H2,(H,23,24). The lowest BCUT2D eigenvalue weighted by Gasteiger charge is -2.56. The predicted octanol–water partition coefficient (Wildman–Crippen LogP) is 4.78. The summed E-state index contributed by atoms with van der Waals surface area (Å²) in [5.74, 6) is 2.86. The quantitative estimate of drug-likeness (QED) is 0.884. The van der Waals surface area contributed by atoms with E-state index in [-0.39, 0.29) is 5.91 Å². The highest BCUT2D eigenvalue weighted by Crippen LogP contribution is 2.61. The van der Waals surface area contributed by atoms with Gasteiger partial charge < -0.3 is 5.32 Å². The number of para-hydroxylation sites is 1. The molecule has 3 nitrogen and oxygen atoms in total. The number of benzene rings is 1. The molecule has 0 spiro atoms. The van der Waals surface area contributed by atoms with E-state index in [9.17, 15) is 4.79 Å². The number of anilines is 1. The normalized spacial score (nSPS) is 33.8. The molecule has 1 heterocycles. The van der Waals surface area contributed by atoms with E-state index in [4.69, 9.17) is 0 Å². The van der Waals surface area contributed by atoms with Crippen LogP contribution in [-0.2, 0) is 4.79 Å². The molecule has 0 radical (unpaired) electrons. The number of carbonyl (C=O) groups is 1. The van der Waals surface area contributed by atoms with Gasteiger partial charge in [-0.1, -0.05) is 18.2 Å². The Morgan fingerprint density at radius 3 is 2.46 bits per heavy atom. The average molecular weight is 320 g/mol. The van der Waals surface area contributed by atoms with E-state index in [0.29, 0.717) is 11.8 Å². The second-order valence-electron chi connectivity index (χ2n) is 8.56. The van der Waals surface area contributed by atoms with E-state index in [1.165, 1.54) is 38.5 Å². The van der Waals surface area contributed by atoms with E-state index in [1.54, 1.807) is 6.20 Å². The number of nitrogens with one attached hydrogen (secondary N) is 1. The zero-order valence-electron chi connectivity index (χ0n) is 14.0. The van der Waals surface area contributed by atoms with E-state index in [0.717, 1.165) is 34.3 Å². The third-order valence-electron chi connectivity index (χ3n) is 6.57. The van der Waals surface area contributed by atoms with Gasteiger partial charge in [0.1, 0.15) is 0 Å². The summed E-state index contributed by atoms with van der Waals surface area (Å²) in [5.41, 5.74) is 2.09. The van der Waals surface area contributed by atoms with Gasteiger partial charge in [0.05, 0.1) is 17.4 Å². The van der Waals surface area contributed by atoms with Gasteiger partial charge in [-0.15, -0.1) is 0 Å². The van der Waals surface area contributed by atoms with Crippen LogP contribution in [0.4, 0.5) is 5.69 Å². The van der Waals surface area contributed by atoms with E-state index < -0.39 is 0 Å². The van der Waals surface area contributed by atoms with Crippen molar-refractivity contribution in [2.45, 2.75) is 44.9 Å². The summed E-state index contributed by atoms with van der Waals surface area (Å²) < 4.78 is 0. The number of nitrogens with zero attached hydrogens (tertiary/aromatic N) is 1. The lowest BCUT2D eigenvalue weighted by molar-refractivity contribution is -0.124. The van der Waals surface area contributed by atoms with Gasteiger partial charge in [0.15, 0.2) is 0 Å². The molecule has 0 unspecified atom stereocenters. The van der Waals surface area contributed by atoms with Crippen molar-refractivity contribution in [1.82, 2.24) is 4.98 Å². The minimum absolute atomic E-state index is 0.175. The van der Waals surface area contributed by atoms with E-state index in [1.807, 2.05) is 30.3 Å². The summed E-state index contributed by atoms with van der Waals surface area (Å²) in [6, 6.07) is 10.1. The monoisotopic (exact) mass is 320 g/mol. The Kier molecular flexibility index (Phi) is 3.19. The molecule has 4 aliphatic rings. The van der Waals surface area contributed by atoms with Crippen molar-refractivity contribution in [3.8, 4) is 0 Å². The Labute approximate surface area is 142 Å². The molecule has 4 saturated carbocycles. The second kappa shape index (κ2) is 5.30. The van der Waals surface area contributed by atoms with Crippen LogP contribution >= 0.6 is 0 Å². The highest BCUT2D eigenvalue weighted by molar-refractivity contribution is 5.93. The Bertz CT molecular complexity index is 762. The van der Waals surface area contributed by atoms with E-state index >= 15 is 0 Å². The lowest BCUT2D eigenvalue weighted by atomic mass is 9.49. The van der Waals surface area contributed by atoms with Gasteiger partial charge in [0.2, 0.25) is 5.91 Å². The summed E-state index contributed by atoms with van der Waals surface area (Å²) in [7, 11) is 0. The van der Waals surface area contributed by atoms with Crippen LogP contribution in [0.2, 0.25) is 0 Å². The number of pyridine rings is 1. The molecule has 4 aliphatic carbocycles. The number of carbonyl (C=O) groups excluding carboxylic acids is 1. The molecular weight excluding hydrogens is 296 g/mol. The van der Waals surface area contributed by atoms with Gasteiger partial charge >= 0.3 is 0 Å². The van der Waals surface area contributed by atoms with Crippen molar-refractivity contribution < 1.29 is 4.79 Å². The van der Waals surface area contributed by atoms with Gasteiger partial charge in [-0.3, -0.25) is 9.78 Å². The summed E-state index contributed by atoms with van der Waals surface area (Å²) in [4.78, 5) is 17.1. The average Bonchev–Trinajstić information content (AvgIpc) is 2.52. The van der Waals surface area contributed by atoms with E-state index in [2.05, 4.69) is 10.3 Å². The molecule has 4 bridgehead atoms. The molecule has 1 amide bonds. The number of hydrogen-bond donors (Lipinski definition) is 1. The maximum atomic E-state index is 12.7. The van der Waals surface area contributed by atoms with Gasteiger partial charge in [0, 0.05) is 11.8 Å². The molecule has 0 saturated heterocycles. The van der Waals surface area contributed by atoms with Crippen molar-refractivity contribution in [3.63, 3.8) is 0 Å². The minimum atomic E-state index is 0.175. The zero-order chi connectivity index (χ0) is 16.1. The van der Waals surface area contributed by atoms with Crippen molar-refractivity contribution in [2.75, 3.05) is 5.32 Å². The van der Waals surface area contributed by atoms with Gasteiger partial charge in [-0.2, -0.15) is 0 Å². The smallest absolute Gasteiger partial charge is 0.224 e. The first-order valence-corrected chi connectivity index (χ1v) is 9.32. The Hall–Kier alpha value is -1.90. The summed E-state index contributed by atoms with van der Waals surface area (Å²) in [6.45, 7) is 0. The van der Waals surface area contributed by atoms with Crippen LogP contribution < -0.4 is 5.32 Å². The van der Waals surface area contributed by atoms with Crippen LogP contribution in [0.5, 0.6) is 0 Å². The number of aromatic nitrogens is 1. The fraction of sp³-hybridized carbons (Fsp3) is 0.524. The topological polar surface area (TPSA) is 42.0 Å². The minimum Gasteiger partial charge on any atom is -0.325 e. The molecule has 1 aromatic heterocycles. The van der Waals surface area contributed by atoms with Gasteiger partial charge in [0.25, 0.3) is 0 Å². The third kappa shape index (κ3) is 2.51. The molecule has 2 aromatic rings. The number of hydrogen-bond acceptors (Lipinski definition) is 2. The maximum absolute atomic E-state index is 12.7. The molecule has 3 heteroatoms.